The maximum Gasteiger partial charge on any atom is 0.369 e. The van der Waals surface area contributed by atoms with Gasteiger partial charge in [-0.25, -0.2) is 4.78 Å². The molecule has 2 heteroatoms. The van der Waals surface area contributed by atoms with Crippen molar-refractivity contribution in [2.45, 2.75) is 11.6 Å². The van der Waals surface area contributed by atoms with Gasteiger partial charge >= 0.3 is 14.1 Å². The van der Waals surface area contributed by atoms with Crippen molar-refractivity contribution < 1.29 is 4.74 Å². The Balaban J connectivity index is 3.20. The van der Waals surface area contributed by atoms with Crippen LogP contribution < -0.4 is 0 Å². The Hall–Kier alpha value is 0.0525. The molecule has 0 radical (unpaired) electrons. The van der Waals surface area contributed by atoms with Crippen LogP contribution in [-0.4, -0.2) is 27.9 Å². The first-order valence-corrected chi connectivity index (χ1v) is 5.63. The molecule has 0 aromatic heterocycles. The minimum absolute atomic E-state index is 0.588. The third kappa shape index (κ3) is 6.05. The van der Waals surface area contributed by atoms with Crippen LogP contribution in [0.15, 0.2) is 0 Å². The van der Waals surface area contributed by atoms with Gasteiger partial charge in [0.15, 0.2) is 0 Å². The van der Waals surface area contributed by atoms with Gasteiger partial charge in [0.1, 0.15) is 6.61 Å². The van der Waals surface area contributed by atoms with Gasteiger partial charge < -0.3 is 4.74 Å². The molecule has 1 nitrogen and oxygen atoms in total. The van der Waals surface area contributed by atoms with Crippen LogP contribution in [0.1, 0.15) is 0 Å². The van der Waals surface area contributed by atoms with Gasteiger partial charge in [-0.05, 0) is 0 Å². The van der Waals surface area contributed by atoms with Crippen LogP contribution in [-0.2, 0) is 4.74 Å². The molecule has 0 aromatic rings. The van der Waals surface area contributed by atoms with Crippen molar-refractivity contribution in [3.8, 4) is 10.7 Å². The quantitative estimate of drug-likeness (QED) is 0.375. The molecule has 0 atom stereocenters. The van der Waals surface area contributed by atoms with E-state index in [1.807, 2.05) is 0 Å². The zero-order valence-electron chi connectivity index (χ0n) is 5.69. The average Bonchev–Trinajstić information content (AvgIpc) is 1.66. The summed E-state index contributed by atoms with van der Waals surface area (Å²) >= 11 is -0.643. The molecule has 0 aliphatic heterocycles. The van der Waals surface area contributed by atoms with Gasteiger partial charge in [-0.1, -0.05) is 17.5 Å². The second-order valence-electron chi connectivity index (χ2n) is 1.91. The minimum Gasteiger partial charge on any atom is -0.372 e. The molecule has 0 saturated carbocycles. The topological polar surface area (TPSA) is 9.23 Å². The highest BCUT2D eigenvalue weighted by Crippen LogP contribution is 1.72. The van der Waals surface area contributed by atoms with E-state index in [9.17, 15) is 0 Å². The van der Waals surface area contributed by atoms with E-state index in [2.05, 4.69) is 22.3 Å². The summed E-state index contributed by atoms with van der Waals surface area (Å²) < 4.78 is 4.74. The fourth-order valence-electron chi connectivity index (χ4n) is 0.318. The van der Waals surface area contributed by atoms with Crippen LogP contribution >= 0.6 is 0 Å². The zero-order chi connectivity index (χ0) is 6.41. The number of ether oxygens (including phenoxy) is 1. The Bertz CT molecular complexity index is 98.8. The van der Waals surface area contributed by atoms with Crippen molar-refractivity contribution in [1.82, 2.24) is 0 Å². The molecule has 0 amide bonds. The molecule has 0 bridgehead atoms. The van der Waals surface area contributed by atoms with Crippen LogP contribution in [0.5, 0.6) is 0 Å². The Labute approximate surface area is 55.4 Å². The Morgan fingerprint density at radius 1 is 1.50 bits per heavy atom. The summed E-state index contributed by atoms with van der Waals surface area (Å²) in [5.74, 6) is 7.32. The number of hydrogen-bond donors (Lipinski definition) is 0. The van der Waals surface area contributed by atoms with Crippen LogP contribution in [0.2, 0.25) is 11.6 Å². The molecule has 0 unspecified atom stereocenters. The predicted molar refractivity (Wildman–Crippen MR) is 37.1 cm³/mol. The van der Waals surface area contributed by atoms with E-state index < -0.39 is 14.1 Å². The van der Waals surface area contributed by atoms with Crippen molar-refractivity contribution in [3.05, 3.63) is 0 Å². The van der Waals surface area contributed by atoms with Gasteiger partial charge in [0, 0.05) is 7.11 Å². The fraction of sp³-hybridized carbons (Fsp3) is 0.667. The van der Waals surface area contributed by atoms with Gasteiger partial charge in [-0.15, -0.1) is 0 Å². The smallest absolute Gasteiger partial charge is 0.369 e. The lowest BCUT2D eigenvalue weighted by Crippen LogP contribution is -1.94. The zero-order valence-corrected chi connectivity index (χ0v) is 6.85. The lowest BCUT2D eigenvalue weighted by molar-refractivity contribution is 0.240. The van der Waals surface area contributed by atoms with Crippen LogP contribution in [0, 0.1) is 10.7 Å². The van der Waals surface area contributed by atoms with Gasteiger partial charge in [0.2, 0.25) is 0 Å². The molecule has 0 saturated heterocycles. The number of rotatable bonds is 1. The second-order valence-corrected chi connectivity index (χ2v) is 4.51. The molecule has 0 heterocycles. The standard InChI is InChI=1S/C4H5O.2CH3.Al/c1-3-4-5-2;;;/h4H2,2H3;2*1H3;. The summed E-state index contributed by atoms with van der Waals surface area (Å²) in [6.45, 7) is 0.588. The van der Waals surface area contributed by atoms with Crippen molar-refractivity contribution in [2.75, 3.05) is 13.7 Å². The SMILES string of the molecule is COCC#[C][Al]([CH3])[CH3]. The van der Waals surface area contributed by atoms with E-state index in [0.29, 0.717) is 6.61 Å². The summed E-state index contributed by atoms with van der Waals surface area (Å²) in [5.41, 5.74) is 0. The molecule has 0 fully saturated rings. The third-order valence-electron chi connectivity index (χ3n) is 0.607. The number of hydrogen-bond acceptors (Lipinski definition) is 1. The molecule has 0 aliphatic rings. The molecular weight excluding hydrogens is 115 g/mol. The summed E-state index contributed by atoms with van der Waals surface area (Å²) in [4.78, 5) is 3.11. The molecule has 8 heavy (non-hydrogen) atoms. The lowest BCUT2D eigenvalue weighted by atomic mass is 10.8. The van der Waals surface area contributed by atoms with Gasteiger partial charge in [0.05, 0.1) is 0 Å². The highest BCUT2D eigenvalue weighted by atomic mass is 27.2. The first-order chi connectivity index (χ1) is 3.77. The molecule has 0 aromatic carbocycles. The summed E-state index contributed by atoms with van der Waals surface area (Å²) in [5, 5.41) is 0. The van der Waals surface area contributed by atoms with E-state index >= 15 is 0 Å². The summed E-state index contributed by atoms with van der Waals surface area (Å²) in [6, 6.07) is 0. The van der Waals surface area contributed by atoms with E-state index in [0.717, 1.165) is 0 Å². The summed E-state index contributed by atoms with van der Waals surface area (Å²) in [6.07, 6.45) is 0. The molecule has 0 aliphatic carbocycles. The first-order valence-electron chi connectivity index (χ1n) is 2.74. The average molecular weight is 126 g/mol. The monoisotopic (exact) mass is 126 g/mol. The van der Waals surface area contributed by atoms with Crippen LogP contribution in [0.4, 0.5) is 0 Å². The van der Waals surface area contributed by atoms with Crippen molar-refractivity contribution in [1.29, 1.82) is 0 Å². The normalized spacial score (nSPS) is 7.38. The van der Waals surface area contributed by atoms with Gasteiger partial charge in [-0.3, -0.25) is 0 Å². The van der Waals surface area contributed by atoms with E-state index in [1.54, 1.807) is 7.11 Å². The maximum atomic E-state index is 4.74. The van der Waals surface area contributed by atoms with Crippen molar-refractivity contribution >= 4 is 14.1 Å². The largest absolute Gasteiger partial charge is 0.372 e. The van der Waals surface area contributed by atoms with Gasteiger partial charge in [-0.2, -0.15) is 0 Å². The predicted octanol–water partition coefficient (Wildman–Crippen LogP) is 0.930. The highest BCUT2D eigenvalue weighted by molar-refractivity contribution is 6.64. The van der Waals surface area contributed by atoms with Crippen LogP contribution in [0.25, 0.3) is 0 Å². The van der Waals surface area contributed by atoms with Crippen molar-refractivity contribution in [3.63, 3.8) is 0 Å². The van der Waals surface area contributed by atoms with Gasteiger partial charge in [0.25, 0.3) is 0 Å². The molecule has 0 N–H and O–H groups in total. The van der Waals surface area contributed by atoms with E-state index in [-0.39, 0.29) is 0 Å². The Morgan fingerprint density at radius 3 is 2.50 bits per heavy atom. The maximum absolute atomic E-state index is 4.74. The molecule has 44 valence electrons. The second kappa shape index (κ2) is 5.19. The first kappa shape index (κ1) is 8.05. The third-order valence-corrected chi connectivity index (χ3v) is 1.39. The van der Waals surface area contributed by atoms with Crippen LogP contribution in [0.3, 0.4) is 0 Å². The molecule has 0 rings (SSSR count). The van der Waals surface area contributed by atoms with E-state index in [1.165, 1.54) is 0 Å². The minimum atomic E-state index is -0.643. The Morgan fingerprint density at radius 2 is 2.12 bits per heavy atom. The lowest BCUT2D eigenvalue weighted by Gasteiger charge is -1.82. The number of methoxy groups -OCH3 is 1. The van der Waals surface area contributed by atoms with Crippen molar-refractivity contribution in [2.24, 2.45) is 0 Å². The Kier molecular flexibility index (Phi) is 5.23. The highest BCUT2D eigenvalue weighted by Gasteiger charge is 1.91. The molecular formula is C6H11AlO. The van der Waals surface area contributed by atoms with E-state index in [4.69, 9.17) is 4.74 Å². The fourth-order valence-corrected chi connectivity index (χ4v) is 0.810. The molecule has 0 spiro atoms. The summed E-state index contributed by atoms with van der Waals surface area (Å²) in [7, 11) is 1.66.